The van der Waals surface area contributed by atoms with Crippen LogP contribution in [0.4, 0.5) is 5.69 Å². The van der Waals surface area contributed by atoms with Crippen molar-refractivity contribution in [2.75, 3.05) is 12.8 Å². The fourth-order valence-electron chi connectivity index (χ4n) is 2.00. The molecule has 0 saturated heterocycles. The van der Waals surface area contributed by atoms with E-state index < -0.39 is 0 Å². The van der Waals surface area contributed by atoms with Crippen molar-refractivity contribution in [3.63, 3.8) is 0 Å². The molecule has 1 amide bonds. The van der Waals surface area contributed by atoms with Gasteiger partial charge in [-0.1, -0.05) is 13.0 Å². The molecule has 2 aromatic heterocycles. The highest BCUT2D eigenvalue weighted by molar-refractivity contribution is 7.09. The number of hydrogen-bond donors (Lipinski definition) is 1. The fraction of sp³-hybridized carbons (Fsp3) is 0.385. The third kappa shape index (κ3) is 2.63. The Morgan fingerprint density at radius 1 is 1.58 bits per heavy atom. The molecule has 0 aliphatic rings. The van der Waals surface area contributed by atoms with Crippen molar-refractivity contribution >= 4 is 22.9 Å². The molecule has 0 spiro atoms. The molecule has 2 aromatic rings. The van der Waals surface area contributed by atoms with Crippen LogP contribution >= 0.6 is 11.3 Å². The smallest absolute Gasteiger partial charge is 0.274 e. The average molecular weight is 278 g/mol. The van der Waals surface area contributed by atoms with Crippen molar-refractivity contribution in [3.05, 3.63) is 33.8 Å². The summed E-state index contributed by atoms with van der Waals surface area (Å²) >= 11 is 1.63. The van der Waals surface area contributed by atoms with E-state index in [4.69, 9.17) is 5.73 Å². The van der Waals surface area contributed by atoms with E-state index in [9.17, 15) is 4.79 Å². The zero-order valence-corrected chi connectivity index (χ0v) is 12.2. The van der Waals surface area contributed by atoms with Gasteiger partial charge in [0.2, 0.25) is 0 Å². The van der Waals surface area contributed by atoms with Crippen molar-refractivity contribution in [1.29, 1.82) is 0 Å². The van der Waals surface area contributed by atoms with Gasteiger partial charge in [0.25, 0.3) is 5.91 Å². The number of nitrogen functional groups attached to an aromatic ring is 1. The van der Waals surface area contributed by atoms with Crippen LogP contribution in [0, 0.1) is 0 Å². The van der Waals surface area contributed by atoms with Crippen LogP contribution in [0.2, 0.25) is 0 Å². The first-order valence-corrected chi connectivity index (χ1v) is 7.01. The van der Waals surface area contributed by atoms with E-state index >= 15 is 0 Å². The Bertz CT molecular complexity index is 574. The lowest BCUT2D eigenvalue weighted by atomic mass is 10.2. The first kappa shape index (κ1) is 13.6. The van der Waals surface area contributed by atoms with E-state index in [0.29, 0.717) is 17.9 Å². The van der Waals surface area contributed by atoms with Gasteiger partial charge < -0.3 is 10.6 Å². The Morgan fingerprint density at radius 2 is 2.32 bits per heavy atom. The number of carbonyl (C=O) groups excluding carboxylic acids is 1. The molecule has 0 aliphatic carbocycles. The molecule has 2 N–H and O–H groups in total. The summed E-state index contributed by atoms with van der Waals surface area (Å²) in [4.78, 5) is 15.2. The highest BCUT2D eigenvalue weighted by atomic mass is 32.1. The minimum absolute atomic E-state index is 0.0967. The van der Waals surface area contributed by atoms with Crippen molar-refractivity contribution in [1.82, 2.24) is 14.7 Å². The van der Waals surface area contributed by atoms with Crippen LogP contribution in [0.5, 0.6) is 0 Å². The Hall–Kier alpha value is -1.82. The van der Waals surface area contributed by atoms with Gasteiger partial charge in [0.1, 0.15) is 5.69 Å². The van der Waals surface area contributed by atoms with E-state index in [2.05, 4.69) is 5.10 Å². The van der Waals surface area contributed by atoms with Crippen LogP contribution < -0.4 is 5.73 Å². The van der Waals surface area contributed by atoms with Crippen LogP contribution in [0.1, 0.15) is 28.0 Å². The third-order valence-corrected chi connectivity index (χ3v) is 3.88. The molecule has 0 saturated carbocycles. The topological polar surface area (TPSA) is 64.2 Å². The Kier molecular flexibility index (Phi) is 3.90. The second-order valence-electron chi connectivity index (χ2n) is 4.43. The summed E-state index contributed by atoms with van der Waals surface area (Å²) in [6.45, 7) is 2.56. The number of rotatable bonds is 4. The van der Waals surface area contributed by atoms with Gasteiger partial charge in [0.05, 0.1) is 17.9 Å². The number of hydrogen-bond acceptors (Lipinski definition) is 4. The molecule has 0 bridgehead atoms. The van der Waals surface area contributed by atoms with Crippen molar-refractivity contribution < 1.29 is 4.79 Å². The zero-order valence-electron chi connectivity index (χ0n) is 11.4. The highest BCUT2D eigenvalue weighted by Crippen LogP contribution is 2.20. The SMILES string of the molecule is CCc1nn(C)c(C(=O)N(C)Cc2cccs2)c1N. The van der Waals surface area contributed by atoms with Crippen molar-refractivity contribution in [2.45, 2.75) is 19.9 Å². The molecule has 0 aliphatic heterocycles. The number of nitrogens with two attached hydrogens (primary N) is 1. The van der Waals surface area contributed by atoms with Gasteiger partial charge in [0.15, 0.2) is 0 Å². The second-order valence-corrected chi connectivity index (χ2v) is 5.46. The fourth-order valence-corrected chi connectivity index (χ4v) is 2.76. The molecular formula is C13H18N4OS. The summed E-state index contributed by atoms with van der Waals surface area (Å²) in [5.41, 5.74) is 7.73. The van der Waals surface area contributed by atoms with Gasteiger partial charge >= 0.3 is 0 Å². The molecule has 6 heteroatoms. The first-order valence-electron chi connectivity index (χ1n) is 6.13. The van der Waals surface area contributed by atoms with Gasteiger partial charge in [-0.3, -0.25) is 9.48 Å². The summed E-state index contributed by atoms with van der Waals surface area (Å²) in [5.74, 6) is -0.0967. The number of anilines is 1. The molecule has 2 heterocycles. The van der Waals surface area contributed by atoms with Gasteiger partial charge in [0, 0.05) is 19.0 Å². The molecule has 0 aromatic carbocycles. The van der Waals surface area contributed by atoms with E-state index in [-0.39, 0.29) is 5.91 Å². The highest BCUT2D eigenvalue weighted by Gasteiger charge is 2.22. The average Bonchev–Trinajstić information content (AvgIpc) is 2.97. The van der Waals surface area contributed by atoms with Gasteiger partial charge in [-0.25, -0.2) is 0 Å². The van der Waals surface area contributed by atoms with Crippen LogP contribution in [-0.2, 0) is 20.0 Å². The number of amides is 1. The standard InChI is InChI=1S/C13H18N4OS/c1-4-10-11(14)12(17(3)15-10)13(18)16(2)8-9-6-5-7-19-9/h5-7H,4,8,14H2,1-3H3. The number of aromatic nitrogens is 2. The maximum atomic E-state index is 12.4. The summed E-state index contributed by atoms with van der Waals surface area (Å²) in [7, 11) is 3.53. The zero-order chi connectivity index (χ0) is 14.0. The van der Waals surface area contributed by atoms with Gasteiger partial charge in [-0.2, -0.15) is 5.10 Å². The predicted octanol–water partition coefficient (Wildman–Crippen LogP) is 1.90. The molecule has 2 rings (SSSR count). The molecule has 19 heavy (non-hydrogen) atoms. The Labute approximate surface area is 116 Å². The summed E-state index contributed by atoms with van der Waals surface area (Å²) in [5, 5.41) is 6.28. The molecular weight excluding hydrogens is 260 g/mol. The van der Waals surface area contributed by atoms with E-state index in [1.807, 2.05) is 24.4 Å². The van der Waals surface area contributed by atoms with Crippen LogP contribution in [-0.4, -0.2) is 27.6 Å². The van der Waals surface area contributed by atoms with Gasteiger partial charge in [-0.05, 0) is 17.9 Å². The quantitative estimate of drug-likeness (QED) is 0.929. The Balaban J connectivity index is 2.21. The second kappa shape index (κ2) is 5.44. The molecule has 0 atom stereocenters. The van der Waals surface area contributed by atoms with Crippen LogP contribution in [0.3, 0.4) is 0 Å². The van der Waals surface area contributed by atoms with E-state index in [1.165, 1.54) is 0 Å². The lowest BCUT2D eigenvalue weighted by Gasteiger charge is -2.16. The predicted molar refractivity (Wildman–Crippen MR) is 77.1 cm³/mol. The number of carbonyl (C=O) groups is 1. The molecule has 0 fully saturated rings. The normalized spacial score (nSPS) is 10.7. The Morgan fingerprint density at radius 3 is 2.84 bits per heavy atom. The maximum absolute atomic E-state index is 12.4. The number of aryl methyl sites for hydroxylation is 2. The van der Waals surface area contributed by atoms with Gasteiger partial charge in [-0.15, -0.1) is 11.3 Å². The van der Waals surface area contributed by atoms with Crippen LogP contribution in [0.25, 0.3) is 0 Å². The molecule has 102 valence electrons. The molecule has 5 nitrogen and oxygen atoms in total. The minimum Gasteiger partial charge on any atom is -0.395 e. The number of nitrogens with zero attached hydrogens (tertiary/aromatic N) is 3. The maximum Gasteiger partial charge on any atom is 0.274 e. The van der Waals surface area contributed by atoms with Crippen molar-refractivity contribution in [3.8, 4) is 0 Å². The third-order valence-electron chi connectivity index (χ3n) is 3.02. The number of thiophene rings is 1. The largest absolute Gasteiger partial charge is 0.395 e. The lowest BCUT2D eigenvalue weighted by molar-refractivity contribution is 0.0776. The van der Waals surface area contributed by atoms with Crippen molar-refractivity contribution in [2.24, 2.45) is 7.05 Å². The lowest BCUT2D eigenvalue weighted by Crippen LogP contribution is -2.28. The summed E-state index contributed by atoms with van der Waals surface area (Å²) in [6.07, 6.45) is 0.724. The molecule has 0 unspecified atom stereocenters. The summed E-state index contributed by atoms with van der Waals surface area (Å²) < 4.78 is 1.57. The van der Waals surface area contributed by atoms with E-state index in [1.54, 1.807) is 35.0 Å². The first-order chi connectivity index (χ1) is 9.04. The monoisotopic (exact) mass is 278 g/mol. The minimum atomic E-state index is -0.0967. The van der Waals surface area contributed by atoms with Crippen LogP contribution in [0.15, 0.2) is 17.5 Å². The van der Waals surface area contributed by atoms with E-state index in [0.717, 1.165) is 17.0 Å². The molecule has 0 radical (unpaired) electrons. The summed E-state index contributed by atoms with van der Waals surface area (Å²) in [6, 6.07) is 3.99.